The van der Waals surface area contributed by atoms with Gasteiger partial charge in [-0.1, -0.05) is 46.8 Å². The number of methoxy groups -OCH3 is 1. The lowest BCUT2D eigenvalue weighted by Crippen LogP contribution is -2.32. The van der Waals surface area contributed by atoms with Gasteiger partial charge in [0.05, 0.1) is 18.1 Å². The summed E-state index contributed by atoms with van der Waals surface area (Å²) < 4.78 is 10.7. The summed E-state index contributed by atoms with van der Waals surface area (Å²) in [5.41, 5.74) is 2.60. The fourth-order valence-electron chi connectivity index (χ4n) is 4.11. The average molecular weight is 504 g/mol. The number of aryl methyl sites for hydroxylation is 2. The van der Waals surface area contributed by atoms with E-state index in [1.165, 1.54) is 28.9 Å². The zero-order chi connectivity index (χ0) is 26.6. The summed E-state index contributed by atoms with van der Waals surface area (Å²) in [6.45, 7) is 14.4. The summed E-state index contributed by atoms with van der Waals surface area (Å²) >= 11 is 1.50. The van der Waals surface area contributed by atoms with E-state index in [2.05, 4.69) is 32.0 Å². The van der Waals surface area contributed by atoms with Crippen LogP contribution in [0.2, 0.25) is 0 Å². The van der Waals surface area contributed by atoms with Gasteiger partial charge in [0.25, 0.3) is 5.91 Å². The van der Waals surface area contributed by atoms with Crippen molar-refractivity contribution in [2.45, 2.75) is 72.8 Å². The molecule has 1 atom stereocenters. The Morgan fingerprint density at radius 3 is 2.23 bits per heavy atom. The van der Waals surface area contributed by atoms with Gasteiger partial charge in [0.15, 0.2) is 0 Å². The molecule has 6 nitrogen and oxygen atoms in total. The first-order valence-electron chi connectivity index (χ1n) is 12.2. The molecule has 0 aliphatic heterocycles. The molecule has 1 aromatic heterocycles. The van der Waals surface area contributed by atoms with E-state index in [9.17, 15) is 14.7 Å². The number of aliphatic hydroxyl groups excluding tert-OH is 1. The number of benzene rings is 1. The van der Waals surface area contributed by atoms with Crippen molar-refractivity contribution >= 4 is 23.2 Å². The molecule has 35 heavy (non-hydrogen) atoms. The number of esters is 1. The van der Waals surface area contributed by atoms with Crippen molar-refractivity contribution in [2.75, 3.05) is 27.3 Å². The summed E-state index contributed by atoms with van der Waals surface area (Å²) in [6, 6.07) is 8.34. The van der Waals surface area contributed by atoms with Gasteiger partial charge >= 0.3 is 5.97 Å². The number of rotatable bonds is 10. The maximum Gasteiger partial charge on any atom is 0.325 e. The molecule has 0 bridgehead atoms. The van der Waals surface area contributed by atoms with E-state index in [0.29, 0.717) is 4.88 Å². The molecule has 0 spiro atoms. The third kappa shape index (κ3) is 6.44. The number of nitrogens with zero attached hydrogens (tertiary/aromatic N) is 1. The molecule has 0 aliphatic rings. The first-order chi connectivity index (χ1) is 16.3. The van der Waals surface area contributed by atoms with Crippen LogP contribution in [0.1, 0.15) is 78.7 Å². The van der Waals surface area contributed by atoms with Gasteiger partial charge in [0.2, 0.25) is 0 Å². The van der Waals surface area contributed by atoms with Crippen LogP contribution in [0.3, 0.4) is 0 Å². The van der Waals surface area contributed by atoms with Gasteiger partial charge < -0.3 is 19.5 Å². The molecule has 0 saturated carbocycles. The van der Waals surface area contributed by atoms with Crippen LogP contribution < -0.4 is 4.74 Å². The van der Waals surface area contributed by atoms with E-state index in [0.717, 1.165) is 34.6 Å². The Morgan fingerprint density at radius 1 is 1.09 bits per heavy atom. The highest BCUT2D eigenvalue weighted by Gasteiger charge is 2.34. The predicted octanol–water partition coefficient (Wildman–Crippen LogP) is 5.50. The van der Waals surface area contributed by atoms with Gasteiger partial charge in [-0.3, -0.25) is 9.59 Å². The third-order valence-corrected chi connectivity index (χ3v) is 8.28. The standard InChI is InChI=1S/C28H41NO5S/c1-10-28(11-2,20-12-13-21(18(3)14-20)34-17-22(30)27(5,6)7)23-15-19(4)25(35-23)26(32)29(8)16-24(31)33-9/h12-15,22,30H,10-11,16-17H2,1-9H3. The first kappa shape index (κ1) is 28.9. The molecule has 2 rings (SSSR count). The topological polar surface area (TPSA) is 76.1 Å². The lowest BCUT2D eigenvalue weighted by Gasteiger charge is -2.32. The number of amides is 1. The molecule has 0 radical (unpaired) electrons. The second-order valence-corrected chi connectivity index (χ2v) is 11.4. The zero-order valence-electron chi connectivity index (χ0n) is 22.7. The fraction of sp³-hybridized carbons (Fsp3) is 0.571. The van der Waals surface area contributed by atoms with Crippen molar-refractivity contribution in [1.82, 2.24) is 4.90 Å². The largest absolute Gasteiger partial charge is 0.491 e. The molecule has 1 heterocycles. The smallest absolute Gasteiger partial charge is 0.325 e. The number of hydrogen-bond acceptors (Lipinski definition) is 6. The fourth-order valence-corrected chi connectivity index (χ4v) is 5.63. The number of thiophene rings is 1. The van der Waals surface area contributed by atoms with Gasteiger partial charge in [-0.15, -0.1) is 11.3 Å². The van der Waals surface area contributed by atoms with E-state index in [1.54, 1.807) is 7.05 Å². The molecule has 1 unspecified atom stereocenters. The Bertz CT molecular complexity index is 1030. The van der Waals surface area contributed by atoms with E-state index in [1.807, 2.05) is 40.7 Å². The van der Waals surface area contributed by atoms with E-state index in [-0.39, 0.29) is 29.9 Å². The normalized spacial score (nSPS) is 12.9. The molecule has 7 heteroatoms. The maximum atomic E-state index is 13.1. The second-order valence-electron chi connectivity index (χ2n) is 10.3. The molecular weight excluding hydrogens is 462 g/mol. The molecule has 194 valence electrons. The molecule has 1 amide bonds. The van der Waals surface area contributed by atoms with E-state index >= 15 is 0 Å². The zero-order valence-corrected chi connectivity index (χ0v) is 23.5. The summed E-state index contributed by atoms with van der Waals surface area (Å²) in [5.74, 6) is 0.142. The number of ether oxygens (including phenoxy) is 2. The van der Waals surface area contributed by atoms with Crippen LogP contribution in [0.15, 0.2) is 24.3 Å². The van der Waals surface area contributed by atoms with Crippen LogP contribution in [0, 0.1) is 19.3 Å². The van der Waals surface area contributed by atoms with Gasteiger partial charge in [-0.25, -0.2) is 0 Å². The summed E-state index contributed by atoms with van der Waals surface area (Å²) in [5, 5.41) is 10.3. The van der Waals surface area contributed by atoms with Crippen molar-refractivity contribution in [3.05, 3.63) is 50.7 Å². The minimum absolute atomic E-state index is 0.0841. The predicted molar refractivity (Wildman–Crippen MR) is 142 cm³/mol. The van der Waals surface area contributed by atoms with Gasteiger partial charge in [-0.2, -0.15) is 0 Å². The van der Waals surface area contributed by atoms with E-state index in [4.69, 9.17) is 9.47 Å². The number of hydrogen-bond donors (Lipinski definition) is 1. The summed E-state index contributed by atoms with van der Waals surface area (Å²) in [6.07, 6.45) is 1.18. The summed E-state index contributed by atoms with van der Waals surface area (Å²) in [7, 11) is 2.93. The molecule has 2 aromatic rings. The van der Waals surface area contributed by atoms with Crippen LogP contribution in [0.5, 0.6) is 5.75 Å². The van der Waals surface area contributed by atoms with Crippen LogP contribution >= 0.6 is 11.3 Å². The van der Waals surface area contributed by atoms with Crippen LogP contribution in [0.25, 0.3) is 0 Å². The van der Waals surface area contributed by atoms with Crippen LogP contribution in [0.4, 0.5) is 0 Å². The second kappa shape index (κ2) is 11.6. The molecule has 0 aliphatic carbocycles. The van der Waals surface area contributed by atoms with Gasteiger partial charge in [0.1, 0.15) is 18.9 Å². The lowest BCUT2D eigenvalue weighted by molar-refractivity contribution is -0.141. The highest BCUT2D eigenvalue weighted by molar-refractivity contribution is 7.14. The lowest BCUT2D eigenvalue weighted by atomic mass is 9.74. The molecular formula is C28H41NO5S. The number of carbonyl (C=O) groups is 2. The Hall–Kier alpha value is -2.38. The number of likely N-dealkylation sites (N-methyl/N-ethyl adjacent to an activating group) is 1. The van der Waals surface area contributed by atoms with Gasteiger partial charge in [0, 0.05) is 17.3 Å². The number of carbonyl (C=O) groups excluding carboxylic acids is 2. The Labute approximate surface area is 214 Å². The monoisotopic (exact) mass is 503 g/mol. The third-order valence-electron chi connectivity index (χ3n) is 6.86. The van der Waals surface area contributed by atoms with Crippen molar-refractivity contribution in [2.24, 2.45) is 5.41 Å². The average Bonchev–Trinajstić information content (AvgIpc) is 3.19. The molecule has 0 saturated heterocycles. The quantitative estimate of drug-likeness (QED) is 0.433. The Kier molecular flexibility index (Phi) is 9.54. The minimum atomic E-state index is -0.561. The SMILES string of the molecule is CCC(CC)(c1ccc(OCC(O)C(C)(C)C)c(C)c1)c1cc(C)c(C(=O)N(C)CC(=O)OC)s1. The Balaban J connectivity index is 2.38. The Morgan fingerprint density at radius 2 is 1.71 bits per heavy atom. The highest BCUT2D eigenvalue weighted by Crippen LogP contribution is 2.44. The summed E-state index contributed by atoms with van der Waals surface area (Å²) in [4.78, 5) is 27.9. The van der Waals surface area contributed by atoms with Crippen molar-refractivity contribution in [1.29, 1.82) is 0 Å². The molecule has 1 N–H and O–H groups in total. The molecule has 1 aromatic carbocycles. The van der Waals surface area contributed by atoms with Crippen LogP contribution in [-0.4, -0.2) is 55.3 Å². The van der Waals surface area contributed by atoms with Crippen LogP contribution in [-0.2, 0) is 14.9 Å². The van der Waals surface area contributed by atoms with Crippen molar-refractivity contribution in [3.63, 3.8) is 0 Å². The van der Waals surface area contributed by atoms with Gasteiger partial charge in [-0.05, 0) is 60.9 Å². The van der Waals surface area contributed by atoms with Crippen molar-refractivity contribution < 1.29 is 24.2 Å². The maximum absolute atomic E-state index is 13.1. The highest BCUT2D eigenvalue weighted by atomic mass is 32.1. The first-order valence-corrected chi connectivity index (χ1v) is 13.0. The van der Waals surface area contributed by atoms with E-state index < -0.39 is 12.1 Å². The van der Waals surface area contributed by atoms with Crippen molar-refractivity contribution in [3.8, 4) is 5.75 Å². The number of aliphatic hydroxyl groups is 1. The molecule has 0 fully saturated rings. The minimum Gasteiger partial charge on any atom is -0.491 e.